The topological polar surface area (TPSA) is 84.5 Å². The molecule has 0 aliphatic rings. The maximum Gasteiger partial charge on any atom is 0.306 e. The highest BCUT2D eigenvalue weighted by Gasteiger charge is 2.11. The van der Waals surface area contributed by atoms with Crippen molar-refractivity contribution in [3.05, 3.63) is 71.8 Å². The zero-order valence-corrected chi connectivity index (χ0v) is 17.7. The molecule has 0 unspecified atom stereocenters. The molecular formula is C25H26N2O4. The molecular weight excluding hydrogens is 392 g/mol. The second-order valence-corrected chi connectivity index (χ2v) is 7.46. The van der Waals surface area contributed by atoms with Crippen molar-refractivity contribution in [1.29, 1.82) is 0 Å². The van der Waals surface area contributed by atoms with Gasteiger partial charge < -0.3 is 15.4 Å². The Morgan fingerprint density at radius 3 is 2.39 bits per heavy atom. The monoisotopic (exact) mass is 418 g/mol. The number of esters is 1. The molecule has 0 radical (unpaired) electrons. The number of carbonyl (C=O) groups excluding carboxylic acids is 3. The Labute approximate surface area is 181 Å². The summed E-state index contributed by atoms with van der Waals surface area (Å²) in [5.74, 6) is -1.07. The molecule has 3 aromatic rings. The first-order valence-electron chi connectivity index (χ1n) is 10.2. The van der Waals surface area contributed by atoms with E-state index in [-0.39, 0.29) is 25.4 Å². The van der Waals surface area contributed by atoms with Crippen molar-refractivity contribution in [2.75, 3.05) is 17.2 Å². The normalized spacial score (nSPS) is 10.5. The van der Waals surface area contributed by atoms with Crippen LogP contribution in [0.5, 0.6) is 0 Å². The standard InChI is InChI=1S/C25H26N2O4/c1-17-13-14-18(2)22(15-17)27-24(29)16-31-25(30)12-6-11-23(28)26-21-10-5-8-19-7-3-4-9-20(19)21/h3-5,7-10,13-15H,6,11-12,16H2,1-2H3,(H,26,28)(H,27,29). The Kier molecular flexibility index (Phi) is 7.38. The summed E-state index contributed by atoms with van der Waals surface area (Å²) < 4.78 is 5.02. The van der Waals surface area contributed by atoms with Gasteiger partial charge in [0.05, 0.1) is 0 Å². The van der Waals surface area contributed by atoms with Gasteiger partial charge >= 0.3 is 5.97 Å². The van der Waals surface area contributed by atoms with Crippen LogP contribution in [-0.2, 0) is 19.1 Å². The molecule has 2 amide bonds. The summed E-state index contributed by atoms with van der Waals surface area (Å²) in [6.45, 7) is 3.48. The lowest BCUT2D eigenvalue weighted by molar-refractivity contribution is -0.147. The van der Waals surface area contributed by atoms with E-state index in [1.54, 1.807) is 0 Å². The van der Waals surface area contributed by atoms with E-state index < -0.39 is 11.9 Å². The van der Waals surface area contributed by atoms with Crippen LogP contribution in [0.3, 0.4) is 0 Å². The van der Waals surface area contributed by atoms with Crippen LogP contribution >= 0.6 is 0 Å². The van der Waals surface area contributed by atoms with Gasteiger partial charge in [-0.15, -0.1) is 0 Å². The van der Waals surface area contributed by atoms with Crippen molar-refractivity contribution in [3.63, 3.8) is 0 Å². The van der Waals surface area contributed by atoms with E-state index in [9.17, 15) is 14.4 Å². The lowest BCUT2D eigenvalue weighted by atomic mass is 10.1. The number of fused-ring (bicyclic) bond motifs is 1. The van der Waals surface area contributed by atoms with Gasteiger partial charge in [-0.05, 0) is 48.9 Å². The molecule has 0 saturated carbocycles. The van der Waals surface area contributed by atoms with Crippen molar-refractivity contribution in [2.24, 2.45) is 0 Å². The third-order valence-corrected chi connectivity index (χ3v) is 4.88. The van der Waals surface area contributed by atoms with Crippen LogP contribution in [0.15, 0.2) is 60.7 Å². The molecule has 0 saturated heterocycles. The number of aryl methyl sites for hydroxylation is 2. The van der Waals surface area contributed by atoms with E-state index in [4.69, 9.17) is 4.74 Å². The summed E-state index contributed by atoms with van der Waals surface area (Å²) in [4.78, 5) is 36.2. The highest BCUT2D eigenvalue weighted by atomic mass is 16.5. The third-order valence-electron chi connectivity index (χ3n) is 4.88. The maximum atomic E-state index is 12.2. The quantitative estimate of drug-likeness (QED) is 0.517. The minimum absolute atomic E-state index is 0.0692. The van der Waals surface area contributed by atoms with Gasteiger partial charge in [-0.3, -0.25) is 14.4 Å². The average Bonchev–Trinajstić information content (AvgIpc) is 2.75. The number of nitrogens with one attached hydrogen (secondary N) is 2. The molecule has 3 aromatic carbocycles. The van der Waals surface area contributed by atoms with Crippen molar-refractivity contribution in [3.8, 4) is 0 Å². The SMILES string of the molecule is Cc1ccc(C)c(NC(=O)COC(=O)CCCC(=O)Nc2cccc3ccccc23)c1. The van der Waals surface area contributed by atoms with Gasteiger partial charge in [-0.25, -0.2) is 0 Å². The molecule has 160 valence electrons. The van der Waals surface area contributed by atoms with E-state index in [2.05, 4.69) is 10.6 Å². The Balaban J connectivity index is 1.39. The van der Waals surface area contributed by atoms with E-state index >= 15 is 0 Å². The fourth-order valence-corrected chi connectivity index (χ4v) is 3.22. The van der Waals surface area contributed by atoms with Crippen molar-refractivity contribution >= 4 is 39.9 Å². The zero-order valence-electron chi connectivity index (χ0n) is 17.7. The van der Waals surface area contributed by atoms with Crippen LogP contribution in [0.4, 0.5) is 11.4 Å². The number of benzene rings is 3. The number of amides is 2. The molecule has 0 bridgehead atoms. The van der Waals surface area contributed by atoms with Gasteiger partial charge in [0, 0.05) is 29.6 Å². The number of hydrogen-bond donors (Lipinski definition) is 2. The molecule has 0 aliphatic carbocycles. The molecule has 0 heterocycles. The predicted molar refractivity (Wildman–Crippen MR) is 122 cm³/mol. The lowest BCUT2D eigenvalue weighted by Gasteiger charge is -2.10. The van der Waals surface area contributed by atoms with Crippen molar-refractivity contribution in [1.82, 2.24) is 0 Å². The smallest absolute Gasteiger partial charge is 0.306 e. The third kappa shape index (κ3) is 6.40. The largest absolute Gasteiger partial charge is 0.456 e. The van der Waals surface area contributed by atoms with Crippen LogP contribution < -0.4 is 10.6 Å². The zero-order chi connectivity index (χ0) is 22.2. The second kappa shape index (κ2) is 10.4. The molecule has 0 fully saturated rings. The van der Waals surface area contributed by atoms with Crippen LogP contribution in [0.1, 0.15) is 30.4 Å². The summed E-state index contributed by atoms with van der Waals surface area (Å²) >= 11 is 0. The molecule has 6 nitrogen and oxygen atoms in total. The number of ether oxygens (including phenoxy) is 1. The molecule has 0 atom stereocenters. The van der Waals surface area contributed by atoms with Gasteiger partial charge in [0.2, 0.25) is 5.91 Å². The lowest BCUT2D eigenvalue weighted by Crippen LogP contribution is -2.21. The summed E-state index contributed by atoms with van der Waals surface area (Å²) in [5, 5.41) is 7.64. The molecule has 0 aromatic heterocycles. The summed E-state index contributed by atoms with van der Waals surface area (Å²) in [5.41, 5.74) is 3.40. The first-order valence-corrected chi connectivity index (χ1v) is 10.2. The summed E-state index contributed by atoms with van der Waals surface area (Å²) in [7, 11) is 0. The van der Waals surface area contributed by atoms with Crippen LogP contribution in [0.2, 0.25) is 0 Å². The van der Waals surface area contributed by atoms with Gasteiger partial charge in [0.15, 0.2) is 6.61 Å². The van der Waals surface area contributed by atoms with Crippen LogP contribution in [0, 0.1) is 13.8 Å². The molecule has 0 spiro atoms. The molecule has 31 heavy (non-hydrogen) atoms. The Morgan fingerprint density at radius 1 is 0.806 bits per heavy atom. The Morgan fingerprint density at radius 2 is 1.55 bits per heavy atom. The highest BCUT2D eigenvalue weighted by Crippen LogP contribution is 2.23. The number of hydrogen-bond acceptors (Lipinski definition) is 4. The molecule has 0 aliphatic heterocycles. The highest BCUT2D eigenvalue weighted by molar-refractivity contribution is 6.02. The van der Waals surface area contributed by atoms with Gasteiger partial charge in [0.25, 0.3) is 5.91 Å². The number of rotatable bonds is 8. The number of carbonyl (C=O) groups is 3. The Bertz CT molecular complexity index is 1100. The fourth-order valence-electron chi connectivity index (χ4n) is 3.22. The first-order chi connectivity index (χ1) is 14.9. The van der Waals surface area contributed by atoms with Gasteiger partial charge in [-0.1, -0.05) is 48.5 Å². The van der Waals surface area contributed by atoms with E-state index in [1.165, 1.54) is 0 Å². The van der Waals surface area contributed by atoms with Gasteiger partial charge in [0.1, 0.15) is 0 Å². The number of anilines is 2. The second-order valence-electron chi connectivity index (χ2n) is 7.46. The Hall–Kier alpha value is -3.67. The van der Waals surface area contributed by atoms with Crippen LogP contribution in [0.25, 0.3) is 10.8 Å². The summed E-state index contributed by atoms with van der Waals surface area (Å²) in [6.07, 6.45) is 0.598. The molecule has 2 N–H and O–H groups in total. The molecule has 6 heteroatoms. The van der Waals surface area contributed by atoms with Gasteiger partial charge in [-0.2, -0.15) is 0 Å². The van der Waals surface area contributed by atoms with E-state index in [0.717, 1.165) is 27.6 Å². The first kappa shape index (κ1) is 22.0. The average molecular weight is 418 g/mol. The summed E-state index contributed by atoms with van der Waals surface area (Å²) in [6, 6.07) is 19.3. The minimum Gasteiger partial charge on any atom is -0.456 e. The molecule has 3 rings (SSSR count). The van der Waals surface area contributed by atoms with Crippen molar-refractivity contribution in [2.45, 2.75) is 33.1 Å². The van der Waals surface area contributed by atoms with E-state index in [1.807, 2.05) is 74.5 Å². The van der Waals surface area contributed by atoms with Crippen LogP contribution in [-0.4, -0.2) is 24.4 Å². The maximum absolute atomic E-state index is 12.2. The van der Waals surface area contributed by atoms with Crippen molar-refractivity contribution < 1.29 is 19.1 Å². The fraction of sp³-hybridized carbons (Fsp3) is 0.240. The predicted octanol–water partition coefficient (Wildman–Crippen LogP) is 4.75. The minimum atomic E-state index is -0.505. The van der Waals surface area contributed by atoms with E-state index in [0.29, 0.717) is 12.1 Å².